The highest BCUT2D eigenvalue weighted by atomic mass is 16.2. The van der Waals surface area contributed by atoms with E-state index in [0.29, 0.717) is 12.1 Å². The molecular weight excluding hydrogens is 288 g/mol. The first-order chi connectivity index (χ1) is 11.0. The minimum absolute atomic E-state index is 0.0558. The number of benzene rings is 1. The summed E-state index contributed by atoms with van der Waals surface area (Å²) in [6.45, 7) is 4.01. The molecule has 0 radical (unpaired) electrons. The van der Waals surface area contributed by atoms with Crippen molar-refractivity contribution < 1.29 is 4.79 Å². The van der Waals surface area contributed by atoms with Gasteiger partial charge in [-0.25, -0.2) is 0 Å². The van der Waals surface area contributed by atoms with Crippen LogP contribution in [0.15, 0.2) is 29.1 Å². The molecular formula is C19H24N2O2. The fourth-order valence-electron chi connectivity index (χ4n) is 3.55. The molecule has 122 valence electrons. The third-order valence-corrected chi connectivity index (χ3v) is 4.84. The number of aromatic nitrogens is 1. The predicted molar refractivity (Wildman–Crippen MR) is 92.4 cm³/mol. The number of rotatable bonds is 3. The summed E-state index contributed by atoms with van der Waals surface area (Å²) < 4.78 is 0. The molecule has 0 spiro atoms. The van der Waals surface area contributed by atoms with E-state index in [1.807, 2.05) is 36.1 Å². The van der Waals surface area contributed by atoms with Crippen molar-refractivity contribution in [2.75, 3.05) is 0 Å². The fourth-order valence-corrected chi connectivity index (χ4v) is 3.55. The zero-order valence-electron chi connectivity index (χ0n) is 13.9. The van der Waals surface area contributed by atoms with Gasteiger partial charge >= 0.3 is 0 Å². The van der Waals surface area contributed by atoms with Crippen LogP contribution < -0.4 is 5.56 Å². The molecule has 1 aliphatic rings. The van der Waals surface area contributed by atoms with E-state index in [9.17, 15) is 9.59 Å². The standard InChI is InChI=1S/C19H24N2O2/c1-13-8-9-15-11-16(19(23)20-18(15)10-13)12-21(14(2)22)17-6-4-3-5-7-17/h8-11,17H,3-7,12H2,1-2H3,(H,20,23). The molecule has 23 heavy (non-hydrogen) atoms. The Morgan fingerprint density at radius 1 is 1.22 bits per heavy atom. The van der Waals surface area contributed by atoms with Crippen molar-refractivity contribution in [3.8, 4) is 0 Å². The van der Waals surface area contributed by atoms with Gasteiger partial charge in [0.05, 0.1) is 6.54 Å². The minimum atomic E-state index is -0.0924. The van der Waals surface area contributed by atoms with E-state index in [0.717, 1.165) is 29.3 Å². The van der Waals surface area contributed by atoms with Crippen LogP contribution >= 0.6 is 0 Å². The van der Waals surface area contributed by atoms with Gasteiger partial charge in [0.25, 0.3) is 5.56 Å². The van der Waals surface area contributed by atoms with Crippen LogP contribution in [0.2, 0.25) is 0 Å². The van der Waals surface area contributed by atoms with Crippen LogP contribution in [0.5, 0.6) is 0 Å². The molecule has 0 aliphatic heterocycles. The lowest BCUT2D eigenvalue weighted by Gasteiger charge is -2.33. The second kappa shape index (κ2) is 6.57. The summed E-state index contributed by atoms with van der Waals surface area (Å²) >= 11 is 0. The Bertz CT molecular complexity index is 773. The molecule has 4 heteroatoms. The van der Waals surface area contributed by atoms with Gasteiger partial charge in [-0.3, -0.25) is 9.59 Å². The molecule has 0 atom stereocenters. The van der Waals surface area contributed by atoms with E-state index in [2.05, 4.69) is 4.98 Å². The lowest BCUT2D eigenvalue weighted by atomic mass is 9.94. The average Bonchev–Trinajstić information content (AvgIpc) is 2.53. The Morgan fingerprint density at radius 2 is 1.96 bits per heavy atom. The lowest BCUT2D eigenvalue weighted by molar-refractivity contribution is -0.132. The Balaban J connectivity index is 1.91. The summed E-state index contributed by atoms with van der Waals surface area (Å²) in [6.07, 6.45) is 5.68. The van der Waals surface area contributed by atoms with Crippen LogP contribution in [0.3, 0.4) is 0 Å². The topological polar surface area (TPSA) is 53.2 Å². The van der Waals surface area contributed by atoms with E-state index in [-0.39, 0.29) is 17.5 Å². The number of pyridine rings is 1. The number of aryl methyl sites for hydroxylation is 1. The highest BCUT2D eigenvalue weighted by Gasteiger charge is 2.24. The first-order valence-corrected chi connectivity index (χ1v) is 8.44. The van der Waals surface area contributed by atoms with Crippen molar-refractivity contribution >= 4 is 16.8 Å². The third-order valence-electron chi connectivity index (χ3n) is 4.84. The van der Waals surface area contributed by atoms with Gasteiger partial charge in [0.15, 0.2) is 0 Å². The highest BCUT2D eigenvalue weighted by molar-refractivity contribution is 5.80. The molecule has 4 nitrogen and oxygen atoms in total. The smallest absolute Gasteiger partial charge is 0.253 e. The first kappa shape index (κ1) is 15.8. The second-order valence-electron chi connectivity index (χ2n) is 6.65. The van der Waals surface area contributed by atoms with Gasteiger partial charge in [0, 0.05) is 24.0 Å². The number of H-pyrrole nitrogens is 1. The summed E-state index contributed by atoms with van der Waals surface area (Å²) in [4.78, 5) is 29.3. The monoisotopic (exact) mass is 312 g/mol. The minimum Gasteiger partial charge on any atom is -0.335 e. The molecule has 1 heterocycles. The molecule has 1 saturated carbocycles. The van der Waals surface area contributed by atoms with Gasteiger partial charge in [-0.2, -0.15) is 0 Å². The van der Waals surface area contributed by atoms with E-state index >= 15 is 0 Å². The molecule has 1 aromatic carbocycles. The van der Waals surface area contributed by atoms with Crippen LogP contribution in [0.25, 0.3) is 10.9 Å². The maximum absolute atomic E-state index is 12.4. The Labute approximate surface area is 136 Å². The number of aromatic amines is 1. The van der Waals surface area contributed by atoms with Gasteiger partial charge in [-0.1, -0.05) is 31.4 Å². The Morgan fingerprint density at radius 3 is 2.65 bits per heavy atom. The van der Waals surface area contributed by atoms with Gasteiger partial charge in [-0.05, 0) is 42.8 Å². The van der Waals surface area contributed by atoms with Crippen LogP contribution in [-0.2, 0) is 11.3 Å². The summed E-state index contributed by atoms with van der Waals surface area (Å²) in [5, 5.41) is 1.01. The van der Waals surface area contributed by atoms with Crippen molar-refractivity contribution in [2.45, 2.75) is 58.5 Å². The maximum Gasteiger partial charge on any atom is 0.253 e. The van der Waals surface area contributed by atoms with Crippen LogP contribution in [0.1, 0.15) is 50.2 Å². The number of nitrogens with one attached hydrogen (secondary N) is 1. The molecule has 0 saturated heterocycles. The van der Waals surface area contributed by atoms with Gasteiger partial charge in [0.1, 0.15) is 0 Å². The van der Waals surface area contributed by atoms with E-state index in [4.69, 9.17) is 0 Å². The molecule has 2 aromatic rings. The first-order valence-electron chi connectivity index (χ1n) is 8.44. The van der Waals surface area contributed by atoms with Gasteiger partial charge < -0.3 is 9.88 Å². The average molecular weight is 312 g/mol. The number of hydrogen-bond acceptors (Lipinski definition) is 2. The van der Waals surface area contributed by atoms with Gasteiger partial charge in [0.2, 0.25) is 5.91 Å². The molecule has 0 unspecified atom stereocenters. The van der Waals surface area contributed by atoms with Crippen LogP contribution in [-0.4, -0.2) is 21.8 Å². The number of carbonyl (C=O) groups excluding carboxylic acids is 1. The van der Waals surface area contributed by atoms with Crippen molar-refractivity contribution in [3.05, 3.63) is 45.7 Å². The molecule has 0 bridgehead atoms. The molecule has 1 fully saturated rings. The van der Waals surface area contributed by atoms with Crippen molar-refractivity contribution in [2.24, 2.45) is 0 Å². The molecule has 3 rings (SSSR count). The van der Waals surface area contributed by atoms with Crippen LogP contribution in [0, 0.1) is 6.92 Å². The number of nitrogens with zero attached hydrogens (tertiary/aromatic N) is 1. The zero-order chi connectivity index (χ0) is 16.4. The molecule has 1 aliphatic carbocycles. The molecule has 1 N–H and O–H groups in total. The molecule has 1 aromatic heterocycles. The Hall–Kier alpha value is -2.10. The number of fused-ring (bicyclic) bond motifs is 1. The maximum atomic E-state index is 12.4. The number of hydrogen-bond donors (Lipinski definition) is 1. The largest absolute Gasteiger partial charge is 0.335 e. The third kappa shape index (κ3) is 3.46. The zero-order valence-corrected chi connectivity index (χ0v) is 13.9. The highest BCUT2D eigenvalue weighted by Crippen LogP contribution is 2.24. The van der Waals surface area contributed by atoms with Crippen molar-refractivity contribution in [3.63, 3.8) is 0 Å². The van der Waals surface area contributed by atoms with E-state index < -0.39 is 0 Å². The van der Waals surface area contributed by atoms with Crippen molar-refractivity contribution in [1.82, 2.24) is 9.88 Å². The lowest BCUT2D eigenvalue weighted by Crippen LogP contribution is -2.40. The SMILES string of the molecule is CC(=O)N(Cc1cc2ccc(C)cc2[nH]c1=O)C1CCCCC1. The quantitative estimate of drug-likeness (QED) is 0.943. The summed E-state index contributed by atoms with van der Waals surface area (Å²) in [5.74, 6) is 0.0558. The van der Waals surface area contributed by atoms with E-state index in [1.165, 1.54) is 19.3 Å². The molecule has 1 amide bonds. The summed E-state index contributed by atoms with van der Waals surface area (Å²) in [6, 6.07) is 8.22. The predicted octanol–water partition coefficient (Wildman–Crippen LogP) is 3.52. The number of carbonyl (C=O) groups is 1. The normalized spacial score (nSPS) is 15.7. The fraction of sp³-hybridized carbons (Fsp3) is 0.474. The van der Waals surface area contributed by atoms with E-state index in [1.54, 1.807) is 6.92 Å². The van der Waals surface area contributed by atoms with Crippen molar-refractivity contribution in [1.29, 1.82) is 0 Å². The second-order valence-corrected chi connectivity index (χ2v) is 6.65. The Kier molecular flexibility index (Phi) is 4.51. The summed E-state index contributed by atoms with van der Waals surface area (Å²) in [7, 11) is 0. The van der Waals surface area contributed by atoms with Gasteiger partial charge in [-0.15, -0.1) is 0 Å². The van der Waals surface area contributed by atoms with Crippen LogP contribution in [0.4, 0.5) is 0 Å². The number of amides is 1. The summed E-state index contributed by atoms with van der Waals surface area (Å²) in [5.41, 5.74) is 2.55.